The van der Waals surface area contributed by atoms with Crippen LogP contribution in [0.4, 0.5) is 0 Å². The van der Waals surface area contributed by atoms with E-state index < -0.39 is 0 Å². The molecule has 138 valence electrons. The molecular formula is C19H39NO3. The van der Waals surface area contributed by atoms with Gasteiger partial charge in [0.1, 0.15) is 6.04 Å². The van der Waals surface area contributed by atoms with E-state index in [1.54, 1.807) is 0 Å². The van der Waals surface area contributed by atoms with E-state index in [0.29, 0.717) is 13.2 Å². The van der Waals surface area contributed by atoms with Crippen LogP contribution in [-0.4, -0.2) is 49.3 Å². The zero-order valence-electron chi connectivity index (χ0n) is 15.7. The van der Waals surface area contributed by atoms with Crippen LogP contribution in [0, 0.1) is 0 Å². The maximum absolute atomic E-state index is 11.8. The van der Waals surface area contributed by atoms with Gasteiger partial charge in [-0.1, -0.05) is 64.2 Å². The highest BCUT2D eigenvalue weighted by Crippen LogP contribution is 2.14. The molecule has 1 atom stereocenters. The molecule has 0 spiro atoms. The molecule has 0 aromatic rings. The molecule has 0 heterocycles. The molecule has 0 aliphatic rings. The van der Waals surface area contributed by atoms with Gasteiger partial charge >= 0.3 is 5.97 Å². The second-order valence-corrected chi connectivity index (χ2v) is 6.63. The van der Waals surface area contributed by atoms with E-state index in [1.165, 1.54) is 57.8 Å². The molecule has 0 aromatic heterocycles. The molecule has 0 aliphatic carbocycles. The summed E-state index contributed by atoms with van der Waals surface area (Å²) >= 11 is 0. The molecule has 0 fully saturated rings. The largest absolute Gasteiger partial charge is 0.465 e. The minimum Gasteiger partial charge on any atom is -0.465 e. The summed E-state index contributed by atoms with van der Waals surface area (Å²) < 4.78 is 5.13. The number of likely N-dealkylation sites (N-methyl/N-ethyl adjacent to an activating group) is 1. The van der Waals surface area contributed by atoms with Gasteiger partial charge in [0.15, 0.2) is 0 Å². The van der Waals surface area contributed by atoms with Gasteiger partial charge in [-0.3, -0.25) is 9.69 Å². The van der Waals surface area contributed by atoms with E-state index in [0.717, 1.165) is 19.3 Å². The molecule has 0 aliphatic heterocycles. The van der Waals surface area contributed by atoms with Gasteiger partial charge in [-0.15, -0.1) is 0 Å². The predicted molar refractivity (Wildman–Crippen MR) is 96.6 cm³/mol. The van der Waals surface area contributed by atoms with E-state index in [4.69, 9.17) is 9.84 Å². The molecule has 4 nitrogen and oxygen atoms in total. The van der Waals surface area contributed by atoms with Crippen LogP contribution in [0.3, 0.4) is 0 Å². The SMILES string of the molecule is CCOC(=O)C(CCCCCCCCCCCCCO)N(C)C. The fourth-order valence-electron chi connectivity index (χ4n) is 2.87. The molecule has 23 heavy (non-hydrogen) atoms. The summed E-state index contributed by atoms with van der Waals surface area (Å²) in [4.78, 5) is 13.8. The van der Waals surface area contributed by atoms with Crippen LogP contribution >= 0.6 is 0 Å². The minimum atomic E-state index is -0.0890. The number of esters is 1. The van der Waals surface area contributed by atoms with Crippen LogP contribution in [0.2, 0.25) is 0 Å². The van der Waals surface area contributed by atoms with Gasteiger partial charge in [0.25, 0.3) is 0 Å². The number of nitrogens with zero attached hydrogens (tertiary/aromatic N) is 1. The number of hydrogen-bond donors (Lipinski definition) is 1. The zero-order chi connectivity index (χ0) is 17.3. The number of unbranched alkanes of at least 4 members (excludes halogenated alkanes) is 10. The second-order valence-electron chi connectivity index (χ2n) is 6.63. The summed E-state index contributed by atoms with van der Waals surface area (Å²) in [6.07, 6.45) is 14.5. The third-order valence-electron chi connectivity index (χ3n) is 4.32. The van der Waals surface area contributed by atoms with Gasteiger partial charge in [-0.25, -0.2) is 0 Å². The number of aliphatic hydroxyl groups excluding tert-OH is 1. The van der Waals surface area contributed by atoms with Crippen molar-refractivity contribution in [2.24, 2.45) is 0 Å². The van der Waals surface area contributed by atoms with Crippen molar-refractivity contribution < 1.29 is 14.6 Å². The van der Waals surface area contributed by atoms with Gasteiger partial charge in [0, 0.05) is 6.61 Å². The first-order chi connectivity index (χ1) is 11.1. The maximum atomic E-state index is 11.8. The summed E-state index contributed by atoms with van der Waals surface area (Å²) in [5.74, 6) is -0.0845. The Morgan fingerprint density at radius 2 is 1.30 bits per heavy atom. The van der Waals surface area contributed by atoms with Gasteiger partial charge in [-0.2, -0.15) is 0 Å². The predicted octanol–water partition coefficient (Wildman–Crippen LogP) is 4.15. The fraction of sp³-hybridized carbons (Fsp3) is 0.947. The number of rotatable bonds is 16. The monoisotopic (exact) mass is 329 g/mol. The molecule has 0 aromatic carbocycles. The van der Waals surface area contributed by atoms with Crippen molar-refractivity contribution in [2.45, 2.75) is 90.0 Å². The Morgan fingerprint density at radius 1 is 0.870 bits per heavy atom. The third kappa shape index (κ3) is 13.5. The lowest BCUT2D eigenvalue weighted by molar-refractivity contribution is -0.148. The van der Waals surface area contributed by atoms with Crippen molar-refractivity contribution in [3.8, 4) is 0 Å². The topological polar surface area (TPSA) is 49.8 Å². The molecular weight excluding hydrogens is 290 g/mol. The highest BCUT2D eigenvalue weighted by molar-refractivity contribution is 5.75. The van der Waals surface area contributed by atoms with E-state index in [-0.39, 0.29) is 12.0 Å². The Morgan fingerprint density at radius 3 is 1.70 bits per heavy atom. The second kappa shape index (κ2) is 16.3. The van der Waals surface area contributed by atoms with E-state index in [2.05, 4.69) is 0 Å². The summed E-state index contributed by atoms with van der Waals surface area (Å²) in [6.45, 7) is 2.66. The Kier molecular flexibility index (Phi) is 15.8. The lowest BCUT2D eigenvalue weighted by atomic mass is 10.0. The van der Waals surface area contributed by atoms with E-state index in [1.807, 2.05) is 25.9 Å². The van der Waals surface area contributed by atoms with Crippen molar-refractivity contribution in [1.29, 1.82) is 0 Å². The van der Waals surface area contributed by atoms with Crippen LogP contribution in [0.1, 0.15) is 84.0 Å². The van der Waals surface area contributed by atoms with E-state index in [9.17, 15) is 4.79 Å². The molecule has 0 radical (unpaired) electrons. The van der Waals surface area contributed by atoms with E-state index >= 15 is 0 Å². The quantitative estimate of drug-likeness (QED) is 0.341. The molecule has 0 bridgehead atoms. The van der Waals surface area contributed by atoms with Gasteiger partial charge in [0.05, 0.1) is 6.61 Å². The maximum Gasteiger partial charge on any atom is 0.323 e. The molecule has 0 saturated carbocycles. The minimum absolute atomic E-state index is 0.0845. The summed E-state index contributed by atoms with van der Waals surface area (Å²) in [5.41, 5.74) is 0. The fourth-order valence-corrected chi connectivity index (χ4v) is 2.87. The Hall–Kier alpha value is -0.610. The number of carbonyl (C=O) groups excluding carboxylic acids is 1. The van der Waals surface area contributed by atoms with Crippen molar-refractivity contribution in [2.75, 3.05) is 27.3 Å². The van der Waals surface area contributed by atoms with Crippen molar-refractivity contribution in [3.05, 3.63) is 0 Å². The Bertz CT molecular complexity index is 269. The Balaban J connectivity index is 3.44. The van der Waals surface area contributed by atoms with Gasteiger partial charge in [-0.05, 0) is 33.9 Å². The van der Waals surface area contributed by atoms with Gasteiger partial charge in [0.2, 0.25) is 0 Å². The lowest BCUT2D eigenvalue weighted by Crippen LogP contribution is -2.37. The summed E-state index contributed by atoms with van der Waals surface area (Å²) in [6, 6.07) is -0.0890. The highest BCUT2D eigenvalue weighted by atomic mass is 16.5. The van der Waals surface area contributed by atoms with Crippen LogP contribution in [-0.2, 0) is 9.53 Å². The number of carbonyl (C=O) groups is 1. The first kappa shape index (κ1) is 22.4. The average molecular weight is 330 g/mol. The number of ether oxygens (including phenoxy) is 1. The number of hydrogen-bond acceptors (Lipinski definition) is 4. The highest BCUT2D eigenvalue weighted by Gasteiger charge is 2.21. The average Bonchev–Trinajstić information content (AvgIpc) is 2.51. The normalized spacial score (nSPS) is 12.6. The Labute approximate surface area is 143 Å². The lowest BCUT2D eigenvalue weighted by Gasteiger charge is -2.22. The smallest absolute Gasteiger partial charge is 0.323 e. The van der Waals surface area contributed by atoms with Crippen molar-refractivity contribution >= 4 is 5.97 Å². The third-order valence-corrected chi connectivity index (χ3v) is 4.32. The van der Waals surface area contributed by atoms with Crippen LogP contribution in [0.25, 0.3) is 0 Å². The van der Waals surface area contributed by atoms with Crippen LogP contribution < -0.4 is 0 Å². The summed E-state index contributed by atoms with van der Waals surface area (Å²) in [5, 5.41) is 8.70. The van der Waals surface area contributed by atoms with Gasteiger partial charge < -0.3 is 9.84 Å². The standard InChI is InChI=1S/C19H39NO3/c1-4-23-19(22)18(20(2)3)16-14-12-10-8-6-5-7-9-11-13-15-17-21/h18,21H,4-17H2,1-3H3. The number of aliphatic hydroxyl groups is 1. The molecule has 1 N–H and O–H groups in total. The first-order valence-corrected chi connectivity index (χ1v) is 9.57. The first-order valence-electron chi connectivity index (χ1n) is 9.57. The molecule has 1 unspecified atom stereocenters. The molecule has 0 amide bonds. The summed E-state index contributed by atoms with van der Waals surface area (Å²) in [7, 11) is 3.89. The van der Waals surface area contributed by atoms with Crippen molar-refractivity contribution in [3.63, 3.8) is 0 Å². The van der Waals surface area contributed by atoms with Crippen LogP contribution in [0.5, 0.6) is 0 Å². The molecule has 0 saturated heterocycles. The van der Waals surface area contributed by atoms with Crippen molar-refractivity contribution in [1.82, 2.24) is 4.90 Å². The molecule has 4 heteroatoms. The van der Waals surface area contributed by atoms with Crippen LogP contribution in [0.15, 0.2) is 0 Å². The zero-order valence-corrected chi connectivity index (χ0v) is 15.7. The molecule has 0 rings (SSSR count).